The molecule has 1 heterocycles. The number of urea groups is 1. The second-order valence-corrected chi connectivity index (χ2v) is 11.0. The van der Waals surface area contributed by atoms with Crippen LogP contribution >= 0.6 is 0 Å². The normalized spacial score (nSPS) is 39.4. The fourth-order valence-corrected chi connectivity index (χ4v) is 7.26. The number of imide groups is 1. The van der Waals surface area contributed by atoms with Crippen molar-refractivity contribution in [3.05, 3.63) is 0 Å². The highest BCUT2D eigenvalue weighted by Crippen LogP contribution is 2.61. The first-order chi connectivity index (χ1) is 14.7. The molecule has 170 valence electrons. The fraction of sp³-hybridized carbons (Fsp3) is 0.826. The van der Waals surface area contributed by atoms with E-state index in [1.807, 2.05) is 0 Å². The van der Waals surface area contributed by atoms with Crippen LogP contribution in [0.2, 0.25) is 0 Å². The monoisotopic (exact) mass is 431 g/mol. The van der Waals surface area contributed by atoms with Crippen LogP contribution in [-0.2, 0) is 19.1 Å². The minimum Gasteiger partial charge on any atom is -0.454 e. The largest absolute Gasteiger partial charge is 0.454 e. The molecule has 0 radical (unpaired) electrons. The summed E-state index contributed by atoms with van der Waals surface area (Å²) in [6.07, 6.45) is 9.39. The van der Waals surface area contributed by atoms with E-state index in [-0.39, 0.29) is 29.9 Å². The lowest BCUT2D eigenvalue weighted by Crippen LogP contribution is -2.56. The molecule has 0 aromatic carbocycles. The van der Waals surface area contributed by atoms with Gasteiger partial charge in [0.15, 0.2) is 6.61 Å². The standard InChI is InChI=1S/C23H33N3O5/c1-13(23-8-14-5-15(9-23)7-16(6-14)10-23)24-18(27)12-31-19(28)11-26-20(29)22(2,17-3-4-17)25-21(26)30/h13-17H,3-12H2,1-2H3,(H,24,27)(H,25,30)/t13-,14?,15?,16?,22-,23?/m1/s1. The van der Waals surface area contributed by atoms with E-state index in [2.05, 4.69) is 17.6 Å². The van der Waals surface area contributed by atoms with Gasteiger partial charge in [-0.05, 0) is 94.3 Å². The van der Waals surface area contributed by atoms with Crippen LogP contribution in [0, 0.1) is 29.1 Å². The molecule has 0 spiro atoms. The van der Waals surface area contributed by atoms with Gasteiger partial charge in [-0.2, -0.15) is 0 Å². The summed E-state index contributed by atoms with van der Waals surface area (Å²) in [6.45, 7) is 2.93. The van der Waals surface area contributed by atoms with Crippen LogP contribution < -0.4 is 10.6 Å². The average molecular weight is 432 g/mol. The van der Waals surface area contributed by atoms with Crippen molar-refractivity contribution in [3.8, 4) is 0 Å². The minimum atomic E-state index is -0.929. The van der Waals surface area contributed by atoms with Crippen molar-refractivity contribution in [3.63, 3.8) is 0 Å². The molecule has 31 heavy (non-hydrogen) atoms. The van der Waals surface area contributed by atoms with E-state index in [1.165, 1.54) is 38.5 Å². The molecule has 8 heteroatoms. The SMILES string of the molecule is C[C@@H](NC(=O)COC(=O)CN1C(=O)N[C@](C)(C2CC2)C1=O)C12CC3CC(CC(C3)C1)C2. The minimum absolute atomic E-state index is 0.0530. The first-order valence-corrected chi connectivity index (χ1v) is 11.8. The molecule has 6 fully saturated rings. The zero-order chi connectivity index (χ0) is 22.0. The molecule has 0 unspecified atom stereocenters. The Labute approximate surface area is 182 Å². The van der Waals surface area contributed by atoms with E-state index in [0.717, 1.165) is 35.5 Å². The van der Waals surface area contributed by atoms with E-state index < -0.39 is 30.0 Å². The van der Waals surface area contributed by atoms with Crippen LogP contribution in [0.25, 0.3) is 0 Å². The molecule has 1 saturated heterocycles. The third-order valence-electron chi connectivity index (χ3n) is 8.73. The lowest BCUT2D eigenvalue weighted by atomic mass is 9.48. The van der Waals surface area contributed by atoms with Gasteiger partial charge in [0.1, 0.15) is 12.1 Å². The molecule has 5 aliphatic carbocycles. The summed E-state index contributed by atoms with van der Waals surface area (Å²) < 4.78 is 5.10. The number of carbonyl (C=O) groups is 4. The first-order valence-electron chi connectivity index (χ1n) is 11.8. The number of carbonyl (C=O) groups excluding carboxylic acids is 4. The van der Waals surface area contributed by atoms with Gasteiger partial charge in [-0.1, -0.05) is 0 Å². The smallest absolute Gasteiger partial charge is 0.326 e. The van der Waals surface area contributed by atoms with Crippen LogP contribution in [-0.4, -0.2) is 53.4 Å². The molecule has 8 nitrogen and oxygen atoms in total. The van der Waals surface area contributed by atoms with Crippen LogP contribution in [0.5, 0.6) is 0 Å². The van der Waals surface area contributed by atoms with Crippen LogP contribution in [0.3, 0.4) is 0 Å². The van der Waals surface area contributed by atoms with Gasteiger partial charge in [0.2, 0.25) is 0 Å². The van der Waals surface area contributed by atoms with E-state index in [9.17, 15) is 19.2 Å². The van der Waals surface area contributed by atoms with Crippen LogP contribution in [0.15, 0.2) is 0 Å². The molecule has 4 bridgehead atoms. The maximum atomic E-state index is 12.6. The van der Waals surface area contributed by atoms with Crippen molar-refractivity contribution in [2.24, 2.45) is 29.1 Å². The topological polar surface area (TPSA) is 105 Å². The Morgan fingerprint density at radius 1 is 1.13 bits per heavy atom. The summed E-state index contributed by atoms with van der Waals surface area (Å²) in [5.74, 6) is 1.06. The Morgan fingerprint density at radius 3 is 2.26 bits per heavy atom. The summed E-state index contributed by atoms with van der Waals surface area (Å²) >= 11 is 0. The molecule has 4 amide bonds. The van der Waals surface area contributed by atoms with Gasteiger partial charge in [0.05, 0.1) is 0 Å². The van der Waals surface area contributed by atoms with E-state index in [1.54, 1.807) is 6.92 Å². The molecule has 6 aliphatic rings. The number of nitrogens with one attached hydrogen (secondary N) is 2. The van der Waals surface area contributed by atoms with Crippen LogP contribution in [0.1, 0.15) is 65.2 Å². The predicted molar refractivity (Wildman–Crippen MR) is 111 cm³/mol. The van der Waals surface area contributed by atoms with Gasteiger partial charge < -0.3 is 15.4 Å². The van der Waals surface area contributed by atoms with Crippen LogP contribution in [0.4, 0.5) is 4.79 Å². The van der Waals surface area contributed by atoms with Crippen molar-refractivity contribution < 1.29 is 23.9 Å². The van der Waals surface area contributed by atoms with Gasteiger partial charge in [0, 0.05) is 6.04 Å². The Bertz CT molecular complexity index is 787. The number of hydrogen-bond donors (Lipinski definition) is 2. The van der Waals surface area contributed by atoms with Gasteiger partial charge in [-0.25, -0.2) is 4.79 Å². The lowest BCUT2D eigenvalue weighted by Gasteiger charge is -2.59. The zero-order valence-corrected chi connectivity index (χ0v) is 18.4. The highest BCUT2D eigenvalue weighted by Gasteiger charge is 2.56. The van der Waals surface area contributed by atoms with Crippen molar-refractivity contribution in [1.82, 2.24) is 15.5 Å². The number of hydrogen-bond acceptors (Lipinski definition) is 5. The summed E-state index contributed by atoms with van der Waals surface area (Å²) in [5.41, 5.74) is -0.746. The van der Waals surface area contributed by atoms with E-state index >= 15 is 0 Å². The van der Waals surface area contributed by atoms with Crippen molar-refractivity contribution >= 4 is 23.8 Å². The molecule has 0 aromatic rings. The lowest BCUT2D eigenvalue weighted by molar-refractivity contribution is -0.151. The number of esters is 1. The molecular weight excluding hydrogens is 398 g/mol. The maximum Gasteiger partial charge on any atom is 0.326 e. The Morgan fingerprint density at radius 2 is 1.71 bits per heavy atom. The highest BCUT2D eigenvalue weighted by atomic mass is 16.5. The van der Waals surface area contributed by atoms with Crippen molar-refractivity contribution in [2.45, 2.75) is 76.8 Å². The average Bonchev–Trinajstić information content (AvgIpc) is 3.51. The molecule has 2 atom stereocenters. The zero-order valence-electron chi connectivity index (χ0n) is 18.4. The number of ether oxygens (including phenoxy) is 1. The van der Waals surface area contributed by atoms with E-state index in [4.69, 9.17) is 4.74 Å². The summed E-state index contributed by atoms with van der Waals surface area (Å²) in [7, 11) is 0. The van der Waals surface area contributed by atoms with E-state index in [0.29, 0.717) is 0 Å². The Balaban J connectivity index is 1.10. The second-order valence-electron chi connectivity index (χ2n) is 11.0. The third-order valence-corrected chi connectivity index (χ3v) is 8.73. The Kier molecular flexibility index (Phi) is 4.83. The molecule has 0 aromatic heterocycles. The molecular formula is C23H33N3O5. The fourth-order valence-electron chi connectivity index (χ4n) is 7.26. The van der Waals surface area contributed by atoms with Crippen molar-refractivity contribution in [2.75, 3.05) is 13.2 Å². The van der Waals surface area contributed by atoms with Gasteiger partial charge >= 0.3 is 12.0 Å². The van der Waals surface area contributed by atoms with Gasteiger partial charge in [0.25, 0.3) is 11.8 Å². The second kappa shape index (κ2) is 7.20. The first kappa shape index (κ1) is 20.8. The number of nitrogens with zero attached hydrogens (tertiary/aromatic N) is 1. The Hall–Kier alpha value is -2.12. The molecule has 6 rings (SSSR count). The summed E-state index contributed by atoms with van der Waals surface area (Å²) in [6, 6.07) is -0.520. The molecule has 5 saturated carbocycles. The predicted octanol–water partition coefficient (Wildman–Crippen LogP) is 1.97. The molecule has 2 N–H and O–H groups in total. The summed E-state index contributed by atoms with van der Waals surface area (Å²) in [5, 5.41) is 5.77. The third kappa shape index (κ3) is 3.61. The maximum absolute atomic E-state index is 12.6. The quantitative estimate of drug-likeness (QED) is 0.474. The molecule has 1 aliphatic heterocycles. The van der Waals surface area contributed by atoms with Gasteiger partial charge in [-0.15, -0.1) is 0 Å². The highest BCUT2D eigenvalue weighted by molar-refractivity contribution is 6.08. The number of rotatable bonds is 7. The van der Waals surface area contributed by atoms with Crippen molar-refractivity contribution in [1.29, 1.82) is 0 Å². The van der Waals surface area contributed by atoms with Gasteiger partial charge in [-0.3, -0.25) is 19.3 Å². The number of amides is 4. The summed E-state index contributed by atoms with van der Waals surface area (Å²) in [4.78, 5) is 50.4.